The SMILES string of the molecule is COc1ccccc1N1CCN(CC#CCBr)CC1.Cl.Cl. The molecular formula is C15H21BrCl2N2O. The van der Waals surface area contributed by atoms with Crippen LogP contribution in [0.25, 0.3) is 0 Å². The Morgan fingerprint density at radius 1 is 1.10 bits per heavy atom. The van der Waals surface area contributed by atoms with E-state index in [1.165, 1.54) is 5.69 Å². The van der Waals surface area contributed by atoms with E-state index in [4.69, 9.17) is 4.74 Å². The lowest BCUT2D eigenvalue weighted by atomic mass is 10.2. The van der Waals surface area contributed by atoms with Crippen molar-refractivity contribution >= 4 is 46.4 Å². The summed E-state index contributed by atoms with van der Waals surface area (Å²) in [5.74, 6) is 7.17. The molecule has 1 fully saturated rings. The summed E-state index contributed by atoms with van der Waals surface area (Å²) in [6, 6.07) is 8.21. The zero-order valence-electron chi connectivity index (χ0n) is 12.0. The molecule has 1 aliphatic rings. The van der Waals surface area contributed by atoms with Crippen molar-refractivity contribution < 1.29 is 4.74 Å². The zero-order valence-corrected chi connectivity index (χ0v) is 15.3. The number of halogens is 3. The van der Waals surface area contributed by atoms with Crippen LogP contribution < -0.4 is 9.64 Å². The molecule has 3 nitrogen and oxygen atoms in total. The van der Waals surface area contributed by atoms with Gasteiger partial charge in [-0.1, -0.05) is 39.9 Å². The molecule has 1 saturated heterocycles. The van der Waals surface area contributed by atoms with Gasteiger partial charge < -0.3 is 9.64 Å². The molecule has 0 aliphatic carbocycles. The average Bonchev–Trinajstić information content (AvgIpc) is 2.48. The van der Waals surface area contributed by atoms with Crippen molar-refractivity contribution in [1.29, 1.82) is 0 Å². The van der Waals surface area contributed by atoms with Crippen molar-refractivity contribution in [3.63, 3.8) is 0 Å². The quantitative estimate of drug-likeness (QED) is 0.577. The molecule has 118 valence electrons. The second kappa shape index (κ2) is 11.0. The van der Waals surface area contributed by atoms with E-state index in [1.54, 1.807) is 7.11 Å². The third-order valence-electron chi connectivity index (χ3n) is 3.29. The zero-order chi connectivity index (χ0) is 13.5. The van der Waals surface area contributed by atoms with Crippen LogP contribution in [0.5, 0.6) is 5.75 Å². The molecule has 6 heteroatoms. The first-order chi connectivity index (χ1) is 9.35. The number of ether oxygens (including phenoxy) is 1. The lowest BCUT2D eigenvalue weighted by Gasteiger charge is -2.35. The Bertz CT molecular complexity index is 468. The number of benzene rings is 1. The lowest BCUT2D eigenvalue weighted by Crippen LogP contribution is -2.46. The Kier molecular flexibility index (Phi) is 10.7. The van der Waals surface area contributed by atoms with Gasteiger partial charge in [0.1, 0.15) is 5.75 Å². The second-order valence-corrected chi connectivity index (χ2v) is 4.98. The number of para-hydroxylation sites is 2. The van der Waals surface area contributed by atoms with Crippen LogP contribution in [0.1, 0.15) is 0 Å². The summed E-state index contributed by atoms with van der Waals surface area (Å²) >= 11 is 3.32. The second-order valence-electron chi connectivity index (χ2n) is 4.42. The van der Waals surface area contributed by atoms with Gasteiger partial charge in [-0.15, -0.1) is 24.8 Å². The van der Waals surface area contributed by atoms with Crippen molar-refractivity contribution in [2.75, 3.05) is 50.1 Å². The van der Waals surface area contributed by atoms with E-state index in [0.717, 1.165) is 43.8 Å². The Morgan fingerprint density at radius 3 is 2.38 bits per heavy atom. The third kappa shape index (κ3) is 5.96. The highest BCUT2D eigenvalue weighted by Gasteiger charge is 2.18. The molecule has 0 unspecified atom stereocenters. The van der Waals surface area contributed by atoms with Gasteiger partial charge in [-0.2, -0.15) is 0 Å². The molecule has 0 radical (unpaired) electrons. The molecule has 1 aromatic carbocycles. The third-order valence-corrected chi connectivity index (χ3v) is 3.57. The van der Waals surface area contributed by atoms with Crippen molar-refractivity contribution in [2.45, 2.75) is 0 Å². The monoisotopic (exact) mass is 394 g/mol. The number of hydrogen-bond donors (Lipinski definition) is 0. The fraction of sp³-hybridized carbons (Fsp3) is 0.467. The Hall–Kier alpha value is -0.600. The molecule has 0 saturated carbocycles. The number of hydrogen-bond acceptors (Lipinski definition) is 3. The van der Waals surface area contributed by atoms with Gasteiger partial charge >= 0.3 is 0 Å². The molecule has 0 aromatic heterocycles. The summed E-state index contributed by atoms with van der Waals surface area (Å²) in [4.78, 5) is 4.77. The first-order valence-corrected chi connectivity index (χ1v) is 7.59. The van der Waals surface area contributed by atoms with Gasteiger partial charge in [-0.25, -0.2) is 0 Å². The fourth-order valence-electron chi connectivity index (χ4n) is 2.25. The lowest BCUT2D eigenvalue weighted by molar-refractivity contribution is 0.287. The largest absolute Gasteiger partial charge is 0.495 e. The molecule has 0 N–H and O–H groups in total. The van der Waals surface area contributed by atoms with Gasteiger partial charge in [0.25, 0.3) is 0 Å². The minimum absolute atomic E-state index is 0. The molecule has 0 bridgehead atoms. The van der Waals surface area contributed by atoms with Crippen molar-refractivity contribution in [3.05, 3.63) is 24.3 Å². The highest BCUT2D eigenvalue weighted by atomic mass is 79.9. The van der Waals surface area contributed by atoms with Crippen molar-refractivity contribution in [2.24, 2.45) is 0 Å². The van der Waals surface area contributed by atoms with E-state index in [-0.39, 0.29) is 24.8 Å². The molecular weight excluding hydrogens is 375 g/mol. The standard InChI is InChI=1S/C15H19BrN2O.2ClH/c1-19-15-7-3-2-6-14(15)18-12-10-17(11-13-18)9-5-4-8-16;;/h2-3,6-7H,8-13H2,1H3;2*1H. The molecule has 0 amide bonds. The topological polar surface area (TPSA) is 15.7 Å². The molecule has 21 heavy (non-hydrogen) atoms. The summed E-state index contributed by atoms with van der Waals surface area (Å²) in [5.41, 5.74) is 1.19. The van der Waals surface area contributed by atoms with Gasteiger partial charge in [0.15, 0.2) is 0 Å². The van der Waals surface area contributed by atoms with Gasteiger partial charge in [-0.3, -0.25) is 4.90 Å². The molecule has 1 aliphatic heterocycles. The number of alkyl halides is 1. The van der Waals surface area contributed by atoms with Crippen LogP contribution in [0.15, 0.2) is 24.3 Å². The molecule has 2 rings (SSSR count). The minimum Gasteiger partial charge on any atom is -0.495 e. The maximum Gasteiger partial charge on any atom is 0.142 e. The predicted molar refractivity (Wildman–Crippen MR) is 97.7 cm³/mol. The Labute approximate surface area is 148 Å². The summed E-state index contributed by atoms with van der Waals surface area (Å²) in [6.45, 7) is 5.02. The molecule has 0 spiro atoms. The molecule has 1 aromatic rings. The van der Waals surface area contributed by atoms with Crippen LogP contribution >= 0.6 is 40.7 Å². The van der Waals surface area contributed by atoms with Crippen LogP contribution in [0.4, 0.5) is 5.69 Å². The van der Waals surface area contributed by atoms with Gasteiger partial charge in [-0.05, 0) is 12.1 Å². The van der Waals surface area contributed by atoms with E-state index in [0.29, 0.717) is 0 Å². The fourth-order valence-corrected chi connectivity index (χ4v) is 2.45. The van der Waals surface area contributed by atoms with Gasteiger partial charge in [0.2, 0.25) is 0 Å². The first kappa shape index (κ1) is 20.4. The molecule has 1 heterocycles. The highest BCUT2D eigenvalue weighted by Crippen LogP contribution is 2.28. The minimum atomic E-state index is 0. The van der Waals surface area contributed by atoms with Crippen LogP contribution in [0.3, 0.4) is 0 Å². The highest BCUT2D eigenvalue weighted by molar-refractivity contribution is 9.09. The van der Waals surface area contributed by atoms with Crippen LogP contribution in [-0.4, -0.2) is 50.1 Å². The summed E-state index contributed by atoms with van der Waals surface area (Å²) in [7, 11) is 1.73. The van der Waals surface area contributed by atoms with Gasteiger partial charge in [0.05, 0.1) is 24.7 Å². The van der Waals surface area contributed by atoms with E-state index in [1.807, 2.05) is 12.1 Å². The number of anilines is 1. The van der Waals surface area contributed by atoms with Crippen LogP contribution in [-0.2, 0) is 0 Å². The molecule has 0 atom stereocenters. The maximum atomic E-state index is 5.42. The summed E-state index contributed by atoms with van der Waals surface area (Å²) < 4.78 is 5.42. The number of methoxy groups -OCH3 is 1. The van der Waals surface area contributed by atoms with Gasteiger partial charge in [0, 0.05) is 26.2 Å². The van der Waals surface area contributed by atoms with Crippen molar-refractivity contribution in [3.8, 4) is 17.6 Å². The van der Waals surface area contributed by atoms with E-state index in [2.05, 4.69) is 49.7 Å². The van der Waals surface area contributed by atoms with E-state index >= 15 is 0 Å². The van der Waals surface area contributed by atoms with Crippen molar-refractivity contribution in [1.82, 2.24) is 4.90 Å². The van der Waals surface area contributed by atoms with Crippen LogP contribution in [0.2, 0.25) is 0 Å². The Balaban J connectivity index is 0.00000200. The predicted octanol–water partition coefficient (Wildman–Crippen LogP) is 3.06. The Morgan fingerprint density at radius 2 is 1.76 bits per heavy atom. The summed E-state index contributed by atoms with van der Waals surface area (Å²) in [6.07, 6.45) is 0. The normalized spacial score (nSPS) is 14.3. The number of rotatable bonds is 3. The number of piperazine rings is 1. The summed E-state index contributed by atoms with van der Waals surface area (Å²) in [5, 5.41) is 0.758. The van der Waals surface area contributed by atoms with Crippen LogP contribution in [0, 0.1) is 11.8 Å². The van der Waals surface area contributed by atoms with E-state index < -0.39 is 0 Å². The smallest absolute Gasteiger partial charge is 0.142 e. The van der Waals surface area contributed by atoms with E-state index in [9.17, 15) is 0 Å². The average molecular weight is 396 g/mol. The maximum absolute atomic E-state index is 5.42. The number of nitrogens with zero attached hydrogens (tertiary/aromatic N) is 2. The first-order valence-electron chi connectivity index (χ1n) is 6.47.